The molecule has 5 atom stereocenters. The lowest BCUT2D eigenvalue weighted by molar-refractivity contribution is -0.0838. The second kappa shape index (κ2) is 6.07. The third-order valence-electron chi connectivity index (χ3n) is 6.60. The van der Waals surface area contributed by atoms with Crippen molar-refractivity contribution in [1.29, 1.82) is 0 Å². The predicted octanol–water partition coefficient (Wildman–Crippen LogP) is 3.96. The van der Waals surface area contributed by atoms with Crippen LogP contribution in [-0.4, -0.2) is 29.2 Å². The smallest absolute Gasteiger partial charge is 0.0754 e. The Balaban J connectivity index is 1.82. The number of aliphatic hydroxyl groups is 1. The van der Waals surface area contributed by atoms with Crippen molar-refractivity contribution in [2.24, 2.45) is 17.8 Å². The van der Waals surface area contributed by atoms with Gasteiger partial charge in [-0.2, -0.15) is 0 Å². The topological polar surface area (TPSA) is 23.5 Å². The molecule has 1 aliphatic heterocycles. The molecule has 3 aliphatic rings. The fourth-order valence-electron chi connectivity index (χ4n) is 5.70. The van der Waals surface area contributed by atoms with Crippen LogP contribution in [-0.2, 0) is 5.54 Å². The zero-order valence-electron chi connectivity index (χ0n) is 14.2. The molecule has 1 aromatic rings. The Morgan fingerprint density at radius 1 is 1.04 bits per heavy atom. The average Bonchev–Trinajstić information content (AvgIpc) is 3.21. The highest BCUT2D eigenvalue weighted by Gasteiger charge is 2.55. The lowest BCUT2D eigenvalue weighted by Gasteiger charge is -2.53. The maximum absolute atomic E-state index is 11.1. The van der Waals surface area contributed by atoms with Crippen molar-refractivity contribution in [2.45, 2.75) is 50.7 Å². The van der Waals surface area contributed by atoms with Gasteiger partial charge in [0.1, 0.15) is 0 Å². The van der Waals surface area contributed by atoms with Crippen molar-refractivity contribution < 1.29 is 5.11 Å². The van der Waals surface area contributed by atoms with Crippen LogP contribution in [0.2, 0.25) is 0 Å². The number of fused-ring (bicyclic) bond motifs is 2. The third-order valence-corrected chi connectivity index (χ3v) is 6.60. The molecule has 2 bridgehead atoms. The Morgan fingerprint density at radius 3 is 2.35 bits per heavy atom. The van der Waals surface area contributed by atoms with Crippen LogP contribution in [0.25, 0.3) is 0 Å². The first-order chi connectivity index (χ1) is 11.2. The van der Waals surface area contributed by atoms with Crippen LogP contribution < -0.4 is 0 Å². The summed E-state index contributed by atoms with van der Waals surface area (Å²) in [6.07, 6.45) is 10.9. The van der Waals surface area contributed by atoms with Gasteiger partial charge in [-0.1, -0.05) is 48.9 Å². The molecule has 0 radical (unpaired) electrons. The Hall–Kier alpha value is -1.12. The average molecular weight is 311 g/mol. The van der Waals surface area contributed by atoms with Crippen LogP contribution >= 0.6 is 0 Å². The van der Waals surface area contributed by atoms with Gasteiger partial charge in [0.15, 0.2) is 0 Å². The summed E-state index contributed by atoms with van der Waals surface area (Å²) in [6, 6.07) is 10.9. The Labute approximate surface area is 140 Å². The largest absolute Gasteiger partial charge is 0.391 e. The predicted molar refractivity (Wildman–Crippen MR) is 94.1 cm³/mol. The lowest BCUT2D eigenvalue weighted by atomic mass is 9.67. The molecule has 4 rings (SSSR count). The van der Waals surface area contributed by atoms with E-state index in [0.29, 0.717) is 11.8 Å². The zero-order chi connectivity index (χ0) is 15.9. The van der Waals surface area contributed by atoms with Crippen LogP contribution in [0, 0.1) is 17.8 Å². The number of hydrogen-bond acceptors (Lipinski definition) is 2. The minimum absolute atomic E-state index is 0.216. The number of nitrogens with zero attached hydrogens (tertiary/aromatic N) is 1. The molecule has 5 unspecified atom stereocenters. The molecule has 1 saturated carbocycles. The van der Waals surface area contributed by atoms with Gasteiger partial charge in [0.05, 0.1) is 11.6 Å². The van der Waals surface area contributed by atoms with Crippen LogP contribution in [0.1, 0.15) is 44.6 Å². The zero-order valence-corrected chi connectivity index (χ0v) is 14.2. The first-order valence-electron chi connectivity index (χ1n) is 9.40. The van der Waals surface area contributed by atoms with E-state index in [0.717, 1.165) is 19.0 Å². The molecule has 2 nitrogen and oxygen atoms in total. The maximum atomic E-state index is 11.1. The molecule has 1 heterocycles. The van der Waals surface area contributed by atoms with Crippen LogP contribution in [0.3, 0.4) is 0 Å². The van der Waals surface area contributed by atoms with Crippen LogP contribution in [0.4, 0.5) is 0 Å². The monoisotopic (exact) mass is 311 g/mol. The van der Waals surface area contributed by atoms with Crippen molar-refractivity contribution >= 4 is 0 Å². The summed E-state index contributed by atoms with van der Waals surface area (Å²) in [6.45, 7) is 4.27. The second-order valence-electron chi connectivity index (χ2n) is 7.80. The van der Waals surface area contributed by atoms with E-state index >= 15 is 0 Å². The molecule has 2 aliphatic carbocycles. The molecule has 0 spiro atoms. The number of hydrogen-bond donors (Lipinski definition) is 1. The van der Waals surface area contributed by atoms with E-state index in [4.69, 9.17) is 0 Å². The molecule has 124 valence electrons. The first kappa shape index (κ1) is 15.4. The molecular formula is C21H29NO. The van der Waals surface area contributed by atoms with Gasteiger partial charge in [-0.05, 0) is 69.0 Å². The Bertz CT molecular complexity index is 560. The number of rotatable bonds is 4. The molecular weight excluding hydrogens is 282 g/mol. The molecule has 0 aromatic heterocycles. The Morgan fingerprint density at radius 2 is 1.78 bits per heavy atom. The standard InChI is InChI=1S/C21H29NO/c1-16(23)21(19-8-4-2-5-9-19,22-12-6-3-7-13-22)20-15-17-10-11-18(20)14-17/h2,4-5,8-11,16-18,20,23H,3,6-7,12-15H2,1H3. The van der Waals surface area contributed by atoms with Crippen molar-refractivity contribution in [1.82, 2.24) is 4.90 Å². The molecule has 23 heavy (non-hydrogen) atoms. The number of allylic oxidation sites excluding steroid dienone is 2. The van der Waals surface area contributed by atoms with E-state index in [1.54, 1.807) is 0 Å². The van der Waals surface area contributed by atoms with Crippen molar-refractivity contribution in [3.05, 3.63) is 48.0 Å². The molecule has 1 N–H and O–H groups in total. The van der Waals surface area contributed by atoms with E-state index in [9.17, 15) is 5.11 Å². The van der Waals surface area contributed by atoms with E-state index in [1.165, 1.54) is 37.7 Å². The number of likely N-dealkylation sites (tertiary alicyclic amines) is 1. The second-order valence-corrected chi connectivity index (χ2v) is 7.80. The summed E-state index contributed by atoms with van der Waals surface area (Å²) in [7, 11) is 0. The SMILES string of the molecule is CC(O)C(c1ccccc1)(C1CC2C=CC1C2)N1CCCCC1. The van der Waals surface area contributed by atoms with Gasteiger partial charge in [0.25, 0.3) is 0 Å². The minimum atomic E-state index is -0.347. The highest BCUT2D eigenvalue weighted by Crippen LogP contribution is 2.55. The van der Waals surface area contributed by atoms with Gasteiger partial charge in [0.2, 0.25) is 0 Å². The summed E-state index contributed by atoms with van der Waals surface area (Å²) in [5.74, 6) is 1.91. The Kier molecular flexibility index (Phi) is 4.07. The molecule has 2 fully saturated rings. The van der Waals surface area contributed by atoms with Gasteiger partial charge in [-0.25, -0.2) is 0 Å². The van der Waals surface area contributed by atoms with Crippen LogP contribution in [0.5, 0.6) is 0 Å². The maximum Gasteiger partial charge on any atom is 0.0754 e. The fraction of sp³-hybridized carbons (Fsp3) is 0.619. The van der Waals surface area contributed by atoms with Gasteiger partial charge in [-0.3, -0.25) is 4.90 Å². The fourth-order valence-corrected chi connectivity index (χ4v) is 5.70. The van der Waals surface area contributed by atoms with Crippen molar-refractivity contribution in [3.63, 3.8) is 0 Å². The van der Waals surface area contributed by atoms with Gasteiger partial charge < -0.3 is 5.11 Å². The number of benzene rings is 1. The first-order valence-corrected chi connectivity index (χ1v) is 9.40. The summed E-state index contributed by atoms with van der Waals surface area (Å²) in [5.41, 5.74) is 1.11. The van der Waals surface area contributed by atoms with Gasteiger partial charge >= 0.3 is 0 Å². The highest BCUT2D eigenvalue weighted by atomic mass is 16.3. The van der Waals surface area contributed by atoms with Gasteiger partial charge in [0, 0.05) is 0 Å². The minimum Gasteiger partial charge on any atom is -0.391 e. The summed E-state index contributed by atoms with van der Waals surface area (Å²) in [5, 5.41) is 11.1. The van der Waals surface area contributed by atoms with Gasteiger partial charge in [-0.15, -0.1) is 0 Å². The van der Waals surface area contributed by atoms with Crippen LogP contribution in [0.15, 0.2) is 42.5 Å². The quantitative estimate of drug-likeness (QED) is 0.851. The molecule has 1 aromatic carbocycles. The molecule has 2 heteroatoms. The van der Waals surface area contributed by atoms with E-state index in [2.05, 4.69) is 47.4 Å². The van der Waals surface area contributed by atoms with Crippen molar-refractivity contribution in [3.8, 4) is 0 Å². The summed E-state index contributed by atoms with van der Waals surface area (Å²) >= 11 is 0. The number of aliphatic hydroxyl groups excluding tert-OH is 1. The number of piperidine rings is 1. The van der Waals surface area contributed by atoms with E-state index in [-0.39, 0.29) is 11.6 Å². The lowest BCUT2D eigenvalue weighted by Crippen LogP contribution is -2.60. The molecule has 0 amide bonds. The highest BCUT2D eigenvalue weighted by molar-refractivity contribution is 5.31. The normalized spacial score (nSPS) is 34.4. The summed E-state index contributed by atoms with van der Waals surface area (Å²) in [4.78, 5) is 2.63. The third kappa shape index (κ3) is 2.38. The van der Waals surface area contributed by atoms with E-state index < -0.39 is 0 Å². The summed E-state index contributed by atoms with van der Waals surface area (Å²) < 4.78 is 0. The van der Waals surface area contributed by atoms with Crippen molar-refractivity contribution in [2.75, 3.05) is 13.1 Å². The van der Waals surface area contributed by atoms with E-state index in [1.807, 2.05) is 6.92 Å². The molecule has 1 saturated heterocycles.